The second-order valence-electron chi connectivity index (χ2n) is 6.89. The summed E-state index contributed by atoms with van der Waals surface area (Å²) in [4.78, 5) is 13.3. The van der Waals surface area contributed by atoms with Crippen molar-refractivity contribution in [1.82, 2.24) is 10.2 Å². The summed E-state index contributed by atoms with van der Waals surface area (Å²) in [6.07, 6.45) is 9.22. The number of nitrogens with zero attached hydrogens (tertiary/aromatic N) is 1. The average molecular weight is 405 g/mol. The summed E-state index contributed by atoms with van der Waals surface area (Å²) in [5.74, 6) is -0.487. The lowest BCUT2D eigenvalue weighted by molar-refractivity contribution is -0.135. The second kappa shape index (κ2) is 16.2. The van der Waals surface area contributed by atoms with Crippen molar-refractivity contribution in [2.75, 3.05) is 26.2 Å². The van der Waals surface area contributed by atoms with Crippen molar-refractivity contribution in [3.05, 3.63) is 10.6 Å². The number of rotatable bonds is 2. The highest BCUT2D eigenvalue weighted by Crippen LogP contribution is 2.17. The second-order valence-corrected chi connectivity index (χ2v) is 7.43. The van der Waals surface area contributed by atoms with Gasteiger partial charge in [-0.05, 0) is 26.3 Å². The lowest BCUT2D eigenvalue weighted by atomic mass is 10.2. The lowest BCUT2D eigenvalue weighted by Crippen LogP contribution is -2.41. The van der Waals surface area contributed by atoms with Crippen molar-refractivity contribution in [1.29, 1.82) is 0 Å². The molecule has 160 valence electrons. The highest BCUT2D eigenvalue weighted by Gasteiger charge is 2.23. The first-order valence-corrected chi connectivity index (χ1v) is 10.9. The summed E-state index contributed by atoms with van der Waals surface area (Å²) in [6.45, 7) is 8.04. The minimum atomic E-state index is -1.44. The van der Waals surface area contributed by atoms with Crippen LogP contribution in [0.5, 0.6) is 0 Å². The highest BCUT2D eigenvalue weighted by molar-refractivity contribution is 7.84. The first-order chi connectivity index (χ1) is 13.0. The van der Waals surface area contributed by atoms with Crippen LogP contribution < -0.4 is 16.8 Å². The molecule has 2 aliphatic heterocycles. The summed E-state index contributed by atoms with van der Waals surface area (Å²) in [5, 5.41) is 3.28. The van der Waals surface area contributed by atoms with Gasteiger partial charge < -0.3 is 21.7 Å². The number of hydrogen-bond acceptors (Lipinski definition) is 5. The maximum absolute atomic E-state index is 12.6. The molecule has 1 amide bonds. The summed E-state index contributed by atoms with van der Waals surface area (Å²) >= 11 is 4.12. The van der Waals surface area contributed by atoms with Crippen molar-refractivity contribution in [3.8, 4) is 0 Å². The van der Waals surface area contributed by atoms with Crippen LogP contribution in [0.2, 0.25) is 0 Å². The number of halogens is 1. The average Bonchev–Trinajstić information content (AvgIpc) is 3.41. The van der Waals surface area contributed by atoms with E-state index in [1.807, 2.05) is 13.8 Å². The first-order valence-electron chi connectivity index (χ1n) is 10.5. The third-order valence-corrected chi connectivity index (χ3v) is 5.14. The number of carbonyl (C=O) groups excluding carboxylic acids is 1. The van der Waals surface area contributed by atoms with Gasteiger partial charge in [-0.3, -0.25) is 4.79 Å². The zero-order valence-corrected chi connectivity index (χ0v) is 18.4. The molecule has 5 nitrogen and oxygen atoms in total. The van der Waals surface area contributed by atoms with Crippen molar-refractivity contribution >= 4 is 18.5 Å². The van der Waals surface area contributed by atoms with E-state index in [-0.39, 0.29) is 0 Å². The summed E-state index contributed by atoms with van der Waals surface area (Å²) in [7, 11) is 0. The van der Waals surface area contributed by atoms with Gasteiger partial charge >= 0.3 is 0 Å². The Morgan fingerprint density at radius 1 is 1.26 bits per heavy atom. The molecule has 0 aromatic heterocycles. The van der Waals surface area contributed by atoms with Gasteiger partial charge in [-0.2, -0.15) is 0 Å². The van der Waals surface area contributed by atoms with Gasteiger partial charge in [-0.15, -0.1) is 12.6 Å². The fourth-order valence-corrected chi connectivity index (χ4v) is 3.33. The molecule has 1 saturated carbocycles. The molecule has 7 heteroatoms. The predicted molar refractivity (Wildman–Crippen MR) is 116 cm³/mol. The van der Waals surface area contributed by atoms with E-state index in [0.29, 0.717) is 36.2 Å². The lowest BCUT2D eigenvalue weighted by Gasteiger charge is -2.28. The van der Waals surface area contributed by atoms with Crippen LogP contribution in [-0.2, 0) is 4.79 Å². The van der Waals surface area contributed by atoms with E-state index >= 15 is 0 Å². The molecule has 2 fully saturated rings. The standard InChI is InChI=1S/C8H13FN2OS.C5H12N2.C5H10.C2H6/c1-5(9)8(12)11-3-2-6(10)7(13)4-11;6-4-5-2-1-3-7-5;1-2-4-5-3-1;1-2/h5,13H,2-4,10H2,1H3;5,7H,1-4,6H2;1-5H2;1-2H3. The van der Waals surface area contributed by atoms with Crippen LogP contribution in [0.1, 0.15) is 72.1 Å². The molecule has 3 rings (SSSR count). The molecule has 5 N–H and O–H groups in total. The van der Waals surface area contributed by atoms with Gasteiger partial charge in [0.05, 0.1) is 6.54 Å². The van der Waals surface area contributed by atoms with E-state index in [9.17, 15) is 9.18 Å². The van der Waals surface area contributed by atoms with E-state index in [2.05, 4.69) is 17.9 Å². The normalized spacial score (nSPS) is 22.6. The third kappa shape index (κ3) is 11.6. The monoisotopic (exact) mass is 404 g/mol. The molecule has 2 unspecified atom stereocenters. The number of amides is 1. The van der Waals surface area contributed by atoms with Crippen molar-refractivity contribution in [2.24, 2.45) is 11.5 Å². The van der Waals surface area contributed by atoms with Gasteiger partial charge in [0.2, 0.25) is 0 Å². The molecule has 1 saturated heterocycles. The number of nitrogens with two attached hydrogens (primary N) is 2. The van der Waals surface area contributed by atoms with E-state index in [1.54, 1.807) is 0 Å². The number of nitrogens with one attached hydrogen (secondary N) is 1. The fourth-order valence-electron chi connectivity index (χ4n) is 3.04. The molecular formula is C20H41FN4OS. The summed E-state index contributed by atoms with van der Waals surface area (Å²) in [5.41, 5.74) is 11.7. The maximum atomic E-state index is 12.6. The smallest absolute Gasteiger partial charge is 0.257 e. The highest BCUT2D eigenvalue weighted by atomic mass is 32.1. The largest absolute Gasteiger partial charge is 0.401 e. The van der Waals surface area contributed by atoms with Crippen LogP contribution in [0.15, 0.2) is 10.6 Å². The van der Waals surface area contributed by atoms with Gasteiger partial charge in [0.15, 0.2) is 6.17 Å². The molecule has 27 heavy (non-hydrogen) atoms. The van der Waals surface area contributed by atoms with Gasteiger partial charge in [0.25, 0.3) is 5.91 Å². The number of carbonyl (C=O) groups is 1. The van der Waals surface area contributed by atoms with Crippen LogP contribution in [-0.4, -0.2) is 49.2 Å². The molecule has 0 spiro atoms. The van der Waals surface area contributed by atoms with Gasteiger partial charge in [0, 0.05) is 36.2 Å². The fraction of sp³-hybridized carbons (Fsp3) is 0.850. The summed E-state index contributed by atoms with van der Waals surface area (Å²) < 4.78 is 12.6. The van der Waals surface area contributed by atoms with Crippen LogP contribution in [0.4, 0.5) is 4.39 Å². The number of thiol groups is 1. The van der Waals surface area contributed by atoms with Crippen LogP contribution in [0.25, 0.3) is 0 Å². The van der Waals surface area contributed by atoms with E-state index < -0.39 is 12.1 Å². The SMILES string of the molecule is C1CCCC1.CC.CC(F)C(=O)N1CCC(N)=C(S)C1.NCC1CCCN1. The molecule has 0 aromatic carbocycles. The zero-order chi connectivity index (χ0) is 20.7. The van der Waals surface area contributed by atoms with Gasteiger partial charge in [-0.25, -0.2) is 4.39 Å². The Morgan fingerprint density at radius 2 is 1.81 bits per heavy atom. The Bertz CT molecular complexity index is 415. The molecule has 0 aromatic rings. The van der Waals surface area contributed by atoms with E-state index in [4.69, 9.17) is 11.5 Å². The summed E-state index contributed by atoms with van der Waals surface area (Å²) in [6, 6.07) is 0.625. The Labute approximate surface area is 170 Å². The van der Waals surface area contributed by atoms with Gasteiger partial charge in [0.1, 0.15) is 0 Å². The zero-order valence-electron chi connectivity index (χ0n) is 17.5. The van der Waals surface area contributed by atoms with E-state index in [0.717, 1.165) is 6.54 Å². The van der Waals surface area contributed by atoms with Crippen molar-refractivity contribution < 1.29 is 9.18 Å². The maximum Gasteiger partial charge on any atom is 0.257 e. The minimum absolute atomic E-state index is 0.335. The topological polar surface area (TPSA) is 84.4 Å². The Kier molecular flexibility index (Phi) is 15.7. The Balaban J connectivity index is 0.000000402. The molecule has 1 aliphatic carbocycles. The minimum Gasteiger partial charge on any atom is -0.401 e. The molecular weight excluding hydrogens is 363 g/mol. The number of hydrogen-bond donors (Lipinski definition) is 4. The number of alkyl halides is 1. The van der Waals surface area contributed by atoms with E-state index in [1.165, 1.54) is 63.3 Å². The molecule has 0 radical (unpaired) electrons. The Morgan fingerprint density at radius 3 is 2.15 bits per heavy atom. The van der Waals surface area contributed by atoms with Crippen molar-refractivity contribution in [3.63, 3.8) is 0 Å². The molecule has 3 aliphatic rings. The van der Waals surface area contributed by atoms with Crippen LogP contribution >= 0.6 is 12.6 Å². The quantitative estimate of drug-likeness (QED) is 0.532. The van der Waals surface area contributed by atoms with Crippen molar-refractivity contribution in [2.45, 2.75) is 84.4 Å². The molecule has 2 atom stereocenters. The first kappa shape index (κ1) is 26.2. The molecule has 0 bridgehead atoms. The Hall–Kier alpha value is -0.790. The van der Waals surface area contributed by atoms with Crippen LogP contribution in [0.3, 0.4) is 0 Å². The van der Waals surface area contributed by atoms with Gasteiger partial charge in [-0.1, -0.05) is 46.0 Å². The van der Waals surface area contributed by atoms with Crippen LogP contribution in [0, 0.1) is 0 Å². The third-order valence-electron chi connectivity index (χ3n) is 4.71. The predicted octanol–water partition coefficient (Wildman–Crippen LogP) is 3.35. The molecule has 2 heterocycles.